The molecule has 8 heteroatoms. The van der Waals surface area contributed by atoms with Crippen molar-refractivity contribution in [2.75, 3.05) is 11.3 Å². The van der Waals surface area contributed by atoms with Crippen molar-refractivity contribution in [1.29, 1.82) is 0 Å². The molecule has 2 heterocycles. The average molecular weight is 330 g/mol. The molecule has 118 valence electrons. The molecular formula is C15H14N4O3S. The first-order valence-corrected chi connectivity index (χ1v) is 8.69. The molecule has 7 nitrogen and oxygen atoms in total. The number of nitrogens with zero attached hydrogens (tertiary/aromatic N) is 2. The molecule has 0 radical (unpaired) electrons. The summed E-state index contributed by atoms with van der Waals surface area (Å²) in [5.74, 6) is 0. The highest BCUT2D eigenvalue weighted by Crippen LogP contribution is 2.27. The Bertz CT molecular complexity index is 981. The van der Waals surface area contributed by atoms with Crippen molar-refractivity contribution in [3.05, 3.63) is 47.5 Å². The summed E-state index contributed by atoms with van der Waals surface area (Å²) < 4.78 is 32.8. The van der Waals surface area contributed by atoms with Crippen LogP contribution in [0.4, 0.5) is 5.69 Å². The van der Waals surface area contributed by atoms with Crippen LogP contribution in [0.15, 0.2) is 45.9 Å². The van der Waals surface area contributed by atoms with Crippen LogP contribution in [0.3, 0.4) is 0 Å². The van der Waals surface area contributed by atoms with Crippen LogP contribution in [0.1, 0.15) is 11.1 Å². The fourth-order valence-corrected chi connectivity index (χ4v) is 4.07. The van der Waals surface area contributed by atoms with E-state index in [1.807, 2.05) is 12.1 Å². The zero-order chi connectivity index (χ0) is 15.9. The van der Waals surface area contributed by atoms with Crippen LogP contribution in [0.25, 0.3) is 11.0 Å². The van der Waals surface area contributed by atoms with Crippen LogP contribution >= 0.6 is 0 Å². The van der Waals surface area contributed by atoms with Gasteiger partial charge < -0.3 is 5.32 Å². The molecule has 0 unspecified atom stereocenters. The van der Waals surface area contributed by atoms with E-state index in [-0.39, 0.29) is 10.4 Å². The van der Waals surface area contributed by atoms with Gasteiger partial charge >= 0.3 is 0 Å². The van der Waals surface area contributed by atoms with Crippen LogP contribution in [-0.4, -0.2) is 25.3 Å². The van der Waals surface area contributed by atoms with E-state index >= 15 is 0 Å². The normalized spacial score (nSPS) is 14.6. The van der Waals surface area contributed by atoms with Crippen molar-refractivity contribution in [3.8, 4) is 0 Å². The second kappa shape index (κ2) is 5.32. The third kappa shape index (κ3) is 2.45. The van der Waals surface area contributed by atoms with Crippen LogP contribution in [0.5, 0.6) is 0 Å². The van der Waals surface area contributed by atoms with E-state index in [2.05, 4.69) is 25.0 Å². The standard InChI is InChI=1S/C15H14N4O3S/c20-23(21,14-6-2-5-13-15(14)18-22-17-13)19-12-4-1-3-10-9-16-8-7-11(10)12/h1-6,16,19H,7-9H2. The SMILES string of the molecule is O=S(=O)(Nc1cccc2c1CCNC2)c1cccc2nonc12. The molecule has 1 aromatic heterocycles. The summed E-state index contributed by atoms with van der Waals surface area (Å²) in [5, 5.41) is 10.7. The van der Waals surface area contributed by atoms with Crippen LogP contribution in [0.2, 0.25) is 0 Å². The Kier molecular flexibility index (Phi) is 3.28. The van der Waals surface area contributed by atoms with Gasteiger partial charge in [0.25, 0.3) is 10.0 Å². The lowest BCUT2D eigenvalue weighted by Gasteiger charge is -2.21. The maximum atomic E-state index is 12.8. The largest absolute Gasteiger partial charge is 0.312 e. The van der Waals surface area contributed by atoms with Crippen molar-refractivity contribution in [2.24, 2.45) is 0 Å². The van der Waals surface area contributed by atoms with Crippen molar-refractivity contribution in [3.63, 3.8) is 0 Å². The number of nitrogens with one attached hydrogen (secondary N) is 2. The Hall–Kier alpha value is -2.45. The first-order valence-electron chi connectivity index (χ1n) is 7.21. The Morgan fingerprint density at radius 3 is 2.91 bits per heavy atom. The minimum atomic E-state index is -3.78. The highest BCUT2D eigenvalue weighted by atomic mass is 32.2. The van der Waals surface area contributed by atoms with Crippen LogP contribution in [0, 0.1) is 0 Å². The van der Waals surface area contributed by atoms with Gasteiger partial charge in [-0.05, 0) is 52.6 Å². The lowest BCUT2D eigenvalue weighted by atomic mass is 9.99. The van der Waals surface area contributed by atoms with Gasteiger partial charge in [-0.3, -0.25) is 4.72 Å². The number of anilines is 1. The van der Waals surface area contributed by atoms with Crippen molar-refractivity contribution < 1.29 is 13.0 Å². The number of hydrogen-bond acceptors (Lipinski definition) is 6. The van der Waals surface area contributed by atoms with Gasteiger partial charge in [-0.15, -0.1) is 0 Å². The maximum absolute atomic E-state index is 12.8. The fraction of sp³-hybridized carbons (Fsp3) is 0.200. The monoisotopic (exact) mass is 330 g/mol. The predicted molar refractivity (Wildman–Crippen MR) is 84.5 cm³/mol. The lowest BCUT2D eigenvalue weighted by molar-refractivity contribution is 0.315. The second-order valence-corrected chi connectivity index (χ2v) is 7.01. The van der Waals surface area contributed by atoms with Gasteiger partial charge in [-0.2, -0.15) is 0 Å². The topological polar surface area (TPSA) is 97.1 Å². The molecule has 2 aromatic carbocycles. The molecule has 1 aliphatic heterocycles. The summed E-state index contributed by atoms with van der Waals surface area (Å²) >= 11 is 0. The molecule has 23 heavy (non-hydrogen) atoms. The Morgan fingerprint density at radius 2 is 2.00 bits per heavy atom. The average Bonchev–Trinajstić information content (AvgIpc) is 3.03. The van der Waals surface area contributed by atoms with E-state index < -0.39 is 10.0 Å². The third-order valence-electron chi connectivity index (χ3n) is 3.92. The lowest BCUT2D eigenvalue weighted by Crippen LogP contribution is -2.25. The predicted octanol–water partition coefficient (Wildman–Crippen LogP) is 1.67. The first-order chi connectivity index (χ1) is 11.1. The van der Waals surface area contributed by atoms with Crippen molar-refractivity contribution in [2.45, 2.75) is 17.9 Å². The van der Waals surface area contributed by atoms with E-state index in [1.54, 1.807) is 18.2 Å². The van der Waals surface area contributed by atoms with E-state index in [9.17, 15) is 8.42 Å². The van der Waals surface area contributed by atoms with Gasteiger partial charge in [-0.1, -0.05) is 18.2 Å². The molecule has 4 rings (SSSR count). The van der Waals surface area contributed by atoms with Crippen LogP contribution in [-0.2, 0) is 23.0 Å². The van der Waals surface area contributed by atoms with Gasteiger partial charge in [0.1, 0.15) is 10.4 Å². The molecule has 0 atom stereocenters. The maximum Gasteiger partial charge on any atom is 0.264 e. The Balaban J connectivity index is 1.78. The number of fused-ring (bicyclic) bond motifs is 2. The van der Waals surface area contributed by atoms with Gasteiger partial charge in [-0.25, -0.2) is 13.0 Å². The Morgan fingerprint density at radius 1 is 1.13 bits per heavy atom. The van der Waals surface area contributed by atoms with Gasteiger partial charge in [0, 0.05) is 6.54 Å². The molecule has 3 aromatic rings. The molecule has 0 amide bonds. The summed E-state index contributed by atoms with van der Waals surface area (Å²) in [5.41, 5.74) is 3.38. The van der Waals surface area contributed by atoms with Gasteiger partial charge in [0.15, 0.2) is 5.52 Å². The molecule has 0 saturated carbocycles. The molecule has 1 aliphatic rings. The fourth-order valence-electron chi connectivity index (χ4n) is 2.83. The minimum absolute atomic E-state index is 0.0581. The Labute approximate surface area is 132 Å². The molecule has 0 bridgehead atoms. The van der Waals surface area contributed by atoms with Crippen LogP contribution < -0.4 is 10.0 Å². The molecule has 0 aliphatic carbocycles. The second-order valence-electron chi connectivity index (χ2n) is 5.36. The molecule has 0 spiro atoms. The quantitative estimate of drug-likeness (QED) is 0.758. The third-order valence-corrected chi connectivity index (χ3v) is 5.32. The van der Waals surface area contributed by atoms with Gasteiger partial charge in [0.2, 0.25) is 0 Å². The van der Waals surface area contributed by atoms with Crippen molar-refractivity contribution >= 4 is 26.7 Å². The van der Waals surface area contributed by atoms with E-state index in [0.717, 1.165) is 30.6 Å². The minimum Gasteiger partial charge on any atom is -0.312 e. The molecular weight excluding hydrogens is 316 g/mol. The number of hydrogen-bond donors (Lipinski definition) is 2. The van der Waals surface area contributed by atoms with Crippen molar-refractivity contribution in [1.82, 2.24) is 15.6 Å². The van der Waals surface area contributed by atoms with Gasteiger partial charge in [0.05, 0.1) is 5.69 Å². The molecule has 0 saturated heterocycles. The summed E-state index contributed by atoms with van der Waals surface area (Å²) in [4.78, 5) is 0.0581. The van der Waals surface area contributed by atoms with E-state index in [4.69, 9.17) is 0 Å². The summed E-state index contributed by atoms with van der Waals surface area (Å²) in [6, 6.07) is 10.4. The zero-order valence-corrected chi connectivity index (χ0v) is 12.9. The number of benzene rings is 2. The first kappa shape index (κ1) is 14.2. The molecule has 0 fully saturated rings. The summed E-state index contributed by atoms with van der Waals surface area (Å²) in [6.07, 6.45) is 0.781. The van der Waals surface area contributed by atoms with E-state index in [1.165, 1.54) is 6.07 Å². The number of rotatable bonds is 3. The smallest absolute Gasteiger partial charge is 0.264 e. The highest BCUT2D eigenvalue weighted by Gasteiger charge is 2.22. The number of aromatic nitrogens is 2. The summed E-state index contributed by atoms with van der Waals surface area (Å²) in [7, 11) is -3.78. The zero-order valence-electron chi connectivity index (χ0n) is 12.1. The highest BCUT2D eigenvalue weighted by molar-refractivity contribution is 7.93. The number of sulfonamides is 1. The van der Waals surface area contributed by atoms with E-state index in [0.29, 0.717) is 11.2 Å². The summed E-state index contributed by atoms with van der Waals surface area (Å²) in [6.45, 7) is 1.57. The molecule has 2 N–H and O–H groups in total.